The highest BCUT2D eigenvalue weighted by atomic mass is 32.1. The largest absolute Gasteiger partial charge is 0.467 e. The Kier molecular flexibility index (Phi) is 6.55. The smallest absolute Gasteiger partial charge is 0.408 e. The zero-order valence-electron chi connectivity index (χ0n) is 19.2. The maximum absolute atomic E-state index is 12.2. The minimum absolute atomic E-state index is 0.244. The first-order valence-electron chi connectivity index (χ1n) is 10.5. The molecule has 2 aromatic carbocycles. The second-order valence-electron chi connectivity index (χ2n) is 8.58. The van der Waals surface area contributed by atoms with Crippen LogP contribution in [0.1, 0.15) is 26.3 Å². The molecule has 4 rings (SSSR count). The highest BCUT2D eigenvalue weighted by molar-refractivity contribution is 7.00. The van der Waals surface area contributed by atoms with Gasteiger partial charge in [-0.15, -0.1) is 5.10 Å². The van der Waals surface area contributed by atoms with Crippen LogP contribution in [0, 0.1) is 0 Å². The molecule has 0 radical (unpaired) electrons. The van der Waals surface area contributed by atoms with Gasteiger partial charge in [-0.2, -0.15) is 8.75 Å². The molecule has 0 spiro atoms. The number of aromatic nitrogens is 5. The summed E-state index contributed by atoms with van der Waals surface area (Å²) in [5, 5.41) is 11.1. The fourth-order valence-electron chi connectivity index (χ4n) is 3.33. The molecule has 2 aromatic heterocycles. The van der Waals surface area contributed by atoms with Crippen molar-refractivity contribution in [2.24, 2.45) is 0 Å². The normalized spacial score (nSPS) is 12.4. The molecule has 1 amide bonds. The Bertz CT molecular complexity index is 1310. The fourth-order valence-corrected chi connectivity index (χ4v) is 3.88. The maximum Gasteiger partial charge on any atom is 0.408 e. The minimum Gasteiger partial charge on any atom is -0.467 e. The van der Waals surface area contributed by atoms with E-state index in [2.05, 4.69) is 24.4 Å². The van der Waals surface area contributed by atoms with Crippen LogP contribution in [0.5, 0.6) is 0 Å². The first-order valence-corrected chi connectivity index (χ1v) is 11.3. The SMILES string of the molecule is COC(=O)[C@H](Cc1ccc(-n2cc(-c3cccc4nsnc34)nn2)cc1)NC(=O)OC(C)(C)C. The summed E-state index contributed by atoms with van der Waals surface area (Å²) in [5.74, 6) is -0.554. The molecule has 2 heterocycles. The standard InChI is InChI=1S/C23H24N6O4S/c1-23(2,3)33-22(31)24-18(21(30)32-4)12-14-8-10-15(11-9-14)29-13-19(25-28-29)16-6-5-7-17-20(16)27-34-26-17/h5-11,13,18H,12H2,1-4H3,(H,24,31)/t18-/m0/s1. The first-order chi connectivity index (χ1) is 16.2. The number of nitrogens with zero attached hydrogens (tertiary/aromatic N) is 5. The zero-order chi connectivity index (χ0) is 24.3. The van der Waals surface area contributed by atoms with Gasteiger partial charge in [-0.1, -0.05) is 29.5 Å². The van der Waals surface area contributed by atoms with Crippen molar-refractivity contribution >= 4 is 34.8 Å². The monoisotopic (exact) mass is 480 g/mol. The van der Waals surface area contributed by atoms with Gasteiger partial charge >= 0.3 is 12.1 Å². The molecule has 0 aliphatic rings. The lowest BCUT2D eigenvalue weighted by Crippen LogP contribution is -2.45. The second-order valence-corrected chi connectivity index (χ2v) is 9.11. The summed E-state index contributed by atoms with van der Waals surface area (Å²) in [5.41, 5.74) is 4.11. The quantitative estimate of drug-likeness (QED) is 0.416. The fraction of sp³-hybridized carbons (Fsp3) is 0.304. The molecule has 10 nitrogen and oxygen atoms in total. The molecular formula is C23H24N6O4S. The van der Waals surface area contributed by atoms with E-state index in [1.54, 1.807) is 25.5 Å². The summed E-state index contributed by atoms with van der Waals surface area (Å²) in [6.45, 7) is 5.26. The number of ether oxygens (including phenoxy) is 2. The molecule has 34 heavy (non-hydrogen) atoms. The zero-order valence-corrected chi connectivity index (χ0v) is 20.0. The second kappa shape index (κ2) is 9.56. The summed E-state index contributed by atoms with van der Waals surface area (Å²) in [4.78, 5) is 24.3. The number of rotatable bonds is 6. The topological polar surface area (TPSA) is 121 Å². The van der Waals surface area contributed by atoms with Gasteiger partial charge in [0, 0.05) is 12.0 Å². The average molecular weight is 481 g/mol. The lowest BCUT2D eigenvalue weighted by Gasteiger charge is -2.22. The van der Waals surface area contributed by atoms with E-state index in [1.807, 2.05) is 48.7 Å². The predicted molar refractivity (Wildman–Crippen MR) is 127 cm³/mol. The van der Waals surface area contributed by atoms with Gasteiger partial charge in [-0.25, -0.2) is 14.3 Å². The van der Waals surface area contributed by atoms with Gasteiger partial charge in [-0.05, 0) is 44.5 Å². The van der Waals surface area contributed by atoms with Gasteiger partial charge in [0.15, 0.2) is 0 Å². The lowest BCUT2D eigenvalue weighted by atomic mass is 10.1. The molecule has 176 valence electrons. The maximum atomic E-state index is 12.2. The first kappa shape index (κ1) is 23.3. The molecule has 0 aliphatic carbocycles. The summed E-state index contributed by atoms with van der Waals surface area (Å²) >= 11 is 1.16. The highest BCUT2D eigenvalue weighted by Crippen LogP contribution is 2.26. The number of alkyl carbamates (subject to hydrolysis) is 1. The predicted octanol–water partition coefficient (Wildman–Crippen LogP) is 3.55. The van der Waals surface area contributed by atoms with Crippen molar-refractivity contribution in [3.63, 3.8) is 0 Å². The molecule has 0 saturated heterocycles. The number of benzene rings is 2. The Labute approximate surface area is 200 Å². The van der Waals surface area contributed by atoms with Crippen LogP contribution in [0.3, 0.4) is 0 Å². The van der Waals surface area contributed by atoms with Crippen molar-refractivity contribution in [3.05, 3.63) is 54.2 Å². The summed E-state index contributed by atoms with van der Waals surface area (Å²) in [7, 11) is 1.28. The van der Waals surface area contributed by atoms with Crippen LogP contribution in [-0.4, -0.2) is 54.6 Å². The van der Waals surface area contributed by atoms with Gasteiger partial charge in [-0.3, -0.25) is 0 Å². The third kappa shape index (κ3) is 5.37. The van der Waals surface area contributed by atoms with Crippen LogP contribution in [0.15, 0.2) is 48.7 Å². The van der Waals surface area contributed by atoms with Crippen LogP contribution in [0.2, 0.25) is 0 Å². The van der Waals surface area contributed by atoms with E-state index in [1.165, 1.54) is 7.11 Å². The Morgan fingerprint density at radius 2 is 1.88 bits per heavy atom. The van der Waals surface area contributed by atoms with Crippen LogP contribution in [-0.2, 0) is 20.7 Å². The third-order valence-corrected chi connectivity index (χ3v) is 5.42. The van der Waals surface area contributed by atoms with Crippen LogP contribution in [0.4, 0.5) is 4.79 Å². The van der Waals surface area contributed by atoms with Gasteiger partial charge < -0.3 is 14.8 Å². The number of carbonyl (C=O) groups excluding carboxylic acids is 2. The minimum atomic E-state index is -0.879. The number of methoxy groups -OCH3 is 1. The molecule has 0 saturated carbocycles. The van der Waals surface area contributed by atoms with Crippen molar-refractivity contribution in [2.75, 3.05) is 7.11 Å². The molecule has 4 aromatic rings. The van der Waals surface area contributed by atoms with E-state index in [4.69, 9.17) is 9.47 Å². The van der Waals surface area contributed by atoms with Gasteiger partial charge in [0.2, 0.25) is 0 Å². The van der Waals surface area contributed by atoms with Crippen LogP contribution >= 0.6 is 11.7 Å². The Morgan fingerprint density at radius 1 is 1.12 bits per heavy atom. The van der Waals surface area contributed by atoms with Crippen molar-refractivity contribution in [1.29, 1.82) is 0 Å². The van der Waals surface area contributed by atoms with E-state index >= 15 is 0 Å². The van der Waals surface area contributed by atoms with E-state index in [-0.39, 0.29) is 6.42 Å². The number of fused-ring (bicyclic) bond motifs is 1. The van der Waals surface area contributed by atoms with Crippen molar-refractivity contribution in [3.8, 4) is 16.9 Å². The summed E-state index contributed by atoms with van der Waals surface area (Å²) in [6.07, 6.45) is 1.39. The molecule has 1 N–H and O–H groups in total. The molecule has 0 bridgehead atoms. The lowest BCUT2D eigenvalue weighted by molar-refractivity contribution is -0.143. The van der Waals surface area contributed by atoms with Crippen molar-refractivity contribution in [1.82, 2.24) is 29.1 Å². The molecule has 0 aliphatic heterocycles. The Morgan fingerprint density at radius 3 is 2.59 bits per heavy atom. The third-order valence-electron chi connectivity index (χ3n) is 4.87. The van der Waals surface area contributed by atoms with Crippen molar-refractivity contribution in [2.45, 2.75) is 38.8 Å². The van der Waals surface area contributed by atoms with E-state index in [9.17, 15) is 9.59 Å². The molecule has 0 unspecified atom stereocenters. The number of esters is 1. The number of nitrogens with one attached hydrogen (secondary N) is 1. The van der Waals surface area contributed by atoms with E-state index in [0.717, 1.165) is 39.6 Å². The molecular weight excluding hydrogens is 456 g/mol. The Hall–Kier alpha value is -3.86. The van der Waals surface area contributed by atoms with E-state index < -0.39 is 23.7 Å². The number of hydrogen-bond donors (Lipinski definition) is 1. The van der Waals surface area contributed by atoms with Gasteiger partial charge in [0.1, 0.15) is 28.4 Å². The number of amides is 1. The highest BCUT2D eigenvalue weighted by Gasteiger charge is 2.25. The van der Waals surface area contributed by atoms with Gasteiger partial charge in [0.05, 0.1) is 30.7 Å². The number of hydrogen-bond acceptors (Lipinski definition) is 9. The summed E-state index contributed by atoms with van der Waals surface area (Å²) in [6, 6.07) is 12.3. The van der Waals surface area contributed by atoms with Crippen molar-refractivity contribution < 1.29 is 19.1 Å². The summed E-state index contributed by atoms with van der Waals surface area (Å²) < 4.78 is 20.4. The molecule has 1 atom stereocenters. The molecule has 11 heteroatoms. The Balaban J connectivity index is 1.49. The van der Waals surface area contributed by atoms with Crippen LogP contribution < -0.4 is 5.32 Å². The average Bonchev–Trinajstić information content (AvgIpc) is 3.47. The van der Waals surface area contributed by atoms with Crippen LogP contribution in [0.25, 0.3) is 28.0 Å². The van der Waals surface area contributed by atoms with E-state index in [0.29, 0.717) is 5.69 Å². The van der Waals surface area contributed by atoms with Gasteiger partial charge in [0.25, 0.3) is 0 Å². The number of carbonyl (C=O) groups is 2. The molecule has 0 fully saturated rings.